The van der Waals surface area contributed by atoms with Crippen molar-refractivity contribution in [3.63, 3.8) is 0 Å². The van der Waals surface area contributed by atoms with Crippen molar-refractivity contribution < 1.29 is 28.4 Å². The maximum absolute atomic E-state index is 14.5. The van der Waals surface area contributed by atoms with Gasteiger partial charge in [-0.05, 0) is 80.2 Å². The van der Waals surface area contributed by atoms with Gasteiger partial charge in [-0.25, -0.2) is 4.21 Å². The van der Waals surface area contributed by atoms with Gasteiger partial charge in [-0.1, -0.05) is 36.6 Å². The number of aliphatic hydroxyl groups is 1. The van der Waals surface area contributed by atoms with Crippen molar-refractivity contribution in [1.82, 2.24) is 14.5 Å². The fourth-order valence-electron chi connectivity index (χ4n) is 8.08. The van der Waals surface area contributed by atoms with E-state index >= 15 is 0 Å². The van der Waals surface area contributed by atoms with Gasteiger partial charge in [0, 0.05) is 49.7 Å². The number of fused-ring (bicyclic) bond motifs is 4. The van der Waals surface area contributed by atoms with Crippen LogP contribution in [0.1, 0.15) is 76.4 Å². The number of benzene rings is 2. The van der Waals surface area contributed by atoms with Gasteiger partial charge in [-0.15, -0.1) is 15.4 Å². The van der Waals surface area contributed by atoms with E-state index in [4.69, 9.17) is 9.47 Å². The first-order valence-electron chi connectivity index (χ1n) is 17.4. The van der Waals surface area contributed by atoms with Crippen molar-refractivity contribution in [1.29, 1.82) is 0 Å². The van der Waals surface area contributed by atoms with Crippen LogP contribution in [0.4, 0.5) is 5.69 Å². The predicted octanol–water partition coefficient (Wildman–Crippen LogP) is 4.59. The minimum atomic E-state index is -3.64. The van der Waals surface area contributed by atoms with Crippen molar-refractivity contribution in [2.75, 3.05) is 37.5 Å². The molecule has 2 aromatic carbocycles. The number of nitrogens with zero attached hydrogens (tertiary/aromatic N) is 4. The Morgan fingerprint density at radius 2 is 2.06 bits per heavy atom. The van der Waals surface area contributed by atoms with Crippen molar-refractivity contribution in [2.45, 2.75) is 63.9 Å². The van der Waals surface area contributed by atoms with Crippen molar-refractivity contribution in [3.8, 4) is 23.5 Å². The summed E-state index contributed by atoms with van der Waals surface area (Å²) in [4.78, 5) is 29.7. The van der Waals surface area contributed by atoms with Gasteiger partial charge in [0.2, 0.25) is 5.88 Å². The van der Waals surface area contributed by atoms with Gasteiger partial charge < -0.3 is 19.5 Å². The Bertz CT molecular complexity index is 2020. The van der Waals surface area contributed by atoms with Gasteiger partial charge in [0.25, 0.3) is 11.8 Å². The van der Waals surface area contributed by atoms with Gasteiger partial charge in [0.05, 0.1) is 25.2 Å². The highest BCUT2D eigenvalue weighted by atomic mass is 32.2. The van der Waals surface area contributed by atoms with Crippen molar-refractivity contribution in [3.05, 3.63) is 70.4 Å². The largest absolute Gasteiger partial charge is 0.490 e. The van der Waals surface area contributed by atoms with Crippen molar-refractivity contribution in [2.24, 2.45) is 29.2 Å². The first-order valence-corrected chi connectivity index (χ1v) is 19.1. The van der Waals surface area contributed by atoms with E-state index in [1.54, 1.807) is 25.2 Å². The van der Waals surface area contributed by atoms with Crippen LogP contribution in [0.5, 0.6) is 11.6 Å². The second-order valence-electron chi connectivity index (χ2n) is 14.6. The fraction of sp³-hybridized carbons (Fsp3) is 0.500. The number of hydrogen-bond donors (Lipinski definition) is 2. The number of carbonyl (C=O) groups is 2. The van der Waals surface area contributed by atoms with E-state index < -0.39 is 27.8 Å². The highest BCUT2D eigenvalue weighted by molar-refractivity contribution is 7.92. The first kappa shape index (κ1) is 34.1. The van der Waals surface area contributed by atoms with Crippen LogP contribution in [-0.2, 0) is 28.8 Å². The Labute approximate surface area is 294 Å². The number of aliphatic hydroxyl groups excluding tert-OH is 1. The number of aromatic nitrogens is 2. The number of ether oxygens (including phenoxy) is 2. The Morgan fingerprint density at radius 1 is 1.22 bits per heavy atom. The van der Waals surface area contributed by atoms with Gasteiger partial charge in [0.15, 0.2) is 0 Å². The normalized spacial score (nSPS) is 29.1. The minimum absolute atomic E-state index is 0.0216. The highest BCUT2D eigenvalue weighted by Gasteiger charge is 2.44. The molecule has 264 valence electrons. The Hall–Kier alpha value is -4.34. The van der Waals surface area contributed by atoms with Crippen molar-refractivity contribution >= 4 is 27.4 Å². The zero-order valence-electron chi connectivity index (χ0n) is 29.1. The fourth-order valence-corrected chi connectivity index (χ4v) is 9.95. The van der Waals surface area contributed by atoms with Crippen LogP contribution in [0, 0.1) is 36.5 Å². The zero-order valence-corrected chi connectivity index (χ0v) is 29.9. The number of amides is 2. The standard InChI is InChI=1S/C38H45N5O6S/c1-24-10-14-31-26(17-24)8-6-16-38(31)22-43-19-28-11-13-29(28)33(44)9-5-7-25(2)21-50(47,41-36(46)30-20-42(3)39-37(30)48-4)40-35(45)27-12-15-34(49-23-38)32(43)18-27/h10,12,14-15,17-18,20,25,28-29,33,44H,6-8,11,13,16,19,21-23H2,1-4H3,(H,40,41,45,46,47)/t25-,28-,29+,33-,38-,50?/m0/s1. The van der Waals surface area contributed by atoms with Crippen LogP contribution in [-0.4, -0.2) is 69.6 Å². The molecule has 2 aliphatic heterocycles. The smallest absolute Gasteiger partial charge is 0.286 e. The maximum Gasteiger partial charge on any atom is 0.286 e. The predicted molar refractivity (Wildman–Crippen MR) is 191 cm³/mol. The number of anilines is 1. The third kappa shape index (κ3) is 6.61. The molecule has 1 spiro atoms. The lowest BCUT2D eigenvalue weighted by Gasteiger charge is -2.45. The van der Waals surface area contributed by atoms with Gasteiger partial charge in [0.1, 0.15) is 27.3 Å². The maximum atomic E-state index is 14.5. The summed E-state index contributed by atoms with van der Waals surface area (Å²) in [7, 11) is -0.612. The minimum Gasteiger partial charge on any atom is -0.490 e. The quantitative estimate of drug-likeness (QED) is 0.379. The van der Waals surface area contributed by atoms with E-state index in [1.165, 1.54) is 34.7 Å². The molecule has 2 N–H and O–H groups in total. The molecule has 2 bridgehead atoms. The molecule has 12 heteroatoms. The zero-order chi connectivity index (χ0) is 35.2. The van der Waals surface area contributed by atoms with E-state index in [1.807, 2.05) is 6.92 Å². The molecule has 3 heterocycles. The molecule has 1 saturated carbocycles. The van der Waals surface area contributed by atoms with Crippen LogP contribution in [0.2, 0.25) is 0 Å². The molecular weight excluding hydrogens is 655 g/mol. The molecule has 1 fully saturated rings. The Morgan fingerprint density at radius 3 is 2.84 bits per heavy atom. The first-order chi connectivity index (χ1) is 24.0. The topological polar surface area (TPSA) is 135 Å². The molecule has 0 saturated heterocycles. The van der Waals surface area contributed by atoms with Gasteiger partial charge >= 0.3 is 0 Å². The summed E-state index contributed by atoms with van der Waals surface area (Å²) < 4.78 is 34.5. The summed E-state index contributed by atoms with van der Waals surface area (Å²) in [5.41, 5.74) is 4.75. The third-order valence-corrected chi connectivity index (χ3v) is 12.7. The summed E-state index contributed by atoms with van der Waals surface area (Å²) in [6.07, 6.45) is 5.90. The molecule has 4 aliphatic rings. The number of rotatable bonds is 3. The SMILES string of the molecule is COc1nn(C)cc1C(=O)NS1(=O)=NC(=O)c2ccc3c(c2)N(C[C@@H]2CC[C@H]2[C@@H](O)C#CC[C@H](C)C1)C[C@@]1(CCCc2cc(C)ccc21)CO3. The van der Waals surface area contributed by atoms with Crippen LogP contribution in [0.15, 0.2) is 47.0 Å². The van der Waals surface area contributed by atoms with E-state index in [9.17, 15) is 18.9 Å². The van der Waals surface area contributed by atoms with E-state index in [0.29, 0.717) is 31.9 Å². The average Bonchev–Trinajstić information content (AvgIpc) is 3.37. The van der Waals surface area contributed by atoms with Crippen LogP contribution in [0.25, 0.3) is 0 Å². The lowest BCUT2D eigenvalue weighted by molar-refractivity contribution is 0.0515. The summed E-state index contributed by atoms with van der Waals surface area (Å²) in [5, 5.41) is 15.4. The molecule has 3 aromatic rings. The Kier molecular flexibility index (Phi) is 9.16. The lowest BCUT2D eigenvalue weighted by Crippen LogP contribution is -2.49. The van der Waals surface area contributed by atoms with E-state index in [0.717, 1.165) is 37.8 Å². The van der Waals surface area contributed by atoms with E-state index in [-0.39, 0.29) is 45.9 Å². The molecule has 2 amide bonds. The number of carbonyl (C=O) groups excluding carboxylic acids is 2. The molecule has 0 radical (unpaired) electrons. The average molecular weight is 700 g/mol. The van der Waals surface area contributed by atoms with Crippen LogP contribution < -0.4 is 19.1 Å². The number of hydrogen-bond acceptors (Lipinski definition) is 8. The number of methoxy groups -OCH3 is 1. The summed E-state index contributed by atoms with van der Waals surface area (Å²) in [5.74, 6) is 5.28. The van der Waals surface area contributed by atoms with Gasteiger partial charge in [-0.3, -0.25) is 19.0 Å². The molecule has 1 unspecified atom stereocenters. The molecule has 2 aliphatic carbocycles. The van der Waals surface area contributed by atoms with Gasteiger partial charge in [-0.2, -0.15) is 0 Å². The van der Waals surface area contributed by atoms with Crippen LogP contribution >= 0.6 is 0 Å². The summed E-state index contributed by atoms with van der Waals surface area (Å²) in [6.45, 7) is 5.83. The number of aryl methyl sites for hydroxylation is 3. The Balaban J connectivity index is 1.30. The molecule has 7 rings (SSSR count). The summed E-state index contributed by atoms with van der Waals surface area (Å²) in [6, 6.07) is 12.0. The molecular formula is C38H45N5O6S. The second-order valence-corrected chi connectivity index (χ2v) is 16.6. The number of nitrogens with one attached hydrogen (secondary N) is 1. The molecule has 6 atom stereocenters. The van der Waals surface area contributed by atoms with E-state index in [2.05, 4.69) is 56.0 Å². The van der Waals surface area contributed by atoms with Crippen LogP contribution in [0.3, 0.4) is 0 Å². The summed E-state index contributed by atoms with van der Waals surface area (Å²) >= 11 is 0. The second kappa shape index (κ2) is 13.4. The lowest BCUT2D eigenvalue weighted by atomic mass is 9.68. The highest BCUT2D eigenvalue weighted by Crippen LogP contribution is 2.46. The molecule has 50 heavy (non-hydrogen) atoms. The molecule has 1 aromatic heterocycles. The monoisotopic (exact) mass is 699 g/mol. The third-order valence-electron chi connectivity index (χ3n) is 10.7. The molecule has 11 nitrogen and oxygen atoms in total.